The smallest absolute Gasteiger partial charge is 0.313 e. The highest BCUT2D eigenvalue weighted by Crippen LogP contribution is 2.66. The molecule has 3 atom stereocenters. The Morgan fingerprint density at radius 3 is 2.37 bits per heavy atom. The lowest BCUT2D eigenvalue weighted by Gasteiger charge is -2.43. The molecule has 1 fully saturated rings. The summed E-state index contributed by atoms with van der Waals surface area (Å²) in [5, 5.41) is 11.9. The monoisotopic (exact) mass is 382 g/mol. The van der Waals surface area contributed by atoms with E-state index in [-0.39, 0.29) is 5.03 Å². The van der Waals surface area contributed by atoms with Gasteiger partial charge in [-0.25, -0.2) is 0 Å². The zero-order chi connectivity index (χ0) is 18.6. The van der Waals surface area contributed by atoms with Crippen LogP contribution in [0.4, 0.5) is 0 Å². The van der Waals surface area contributed by atoms with Crippen molar-refractivity contribution < 1.29 is 28.9 Å². The molecule has 0 amide bonds. The number of rotatable bonds is 0. The van der Waals surface area contributed by atoms with E-state index in [1.807, 2.05) is 24.3 Å². The summed E-state index contributed by atoms with van der Waals surface area (Å²) in [6.07, 6.45) is 2.33. The van der Waals surface area contributed by atoms with E-state index in [0.29, 0.717) is 11.5 Å². The molecule has 0 saturated carbocycles. The number of ether oxygens (including phenoxy) is 3. The highest BCUT2D eigenvalue weighted by molar-refractivity contribution is 6.45. The second kappa shape index (κ2) is 4.42. The Balaban J connectivity index is 1.65. The van der Waals surface area contributed by atoms with E-state index in [1.165, 1.54) is 18.2 Å². The first kappa shape index (κ1) is 15.4. The maximum atomic E-state index is 12.9. The van der Waals surface area contributed by atoms with E-state index in [1.54, 1.807) is 12.1 Å². The molecule has 134 valence electrons. The number of epoxide rings is 1. The molecule has 2 heterocycles. The van der Waals surface area contributed by atoms with Gasteiger partial charge in [0, 0.05) is 6.08 Å². The molecule has 1 N–H and O–H groups in total. The first-order valence-electron chi connectivity index (χ1n) is 8.39. The van der Waals surface area contributed by atoms with Crippen LogP contribution in [0.5, 0.6) is 11.5 Å². The lowest BCUT2D eigenvalue weighted by molar-refractivity contribution is -0.157. The molecular weight excluding hydrogens is 372 g/mol. The molecule has 4 aliphatic rings. The molecule has 6 nitrogen and oxygen atoms in total. The third-order valence-electron chi connectivity index (χ3n) is 5.70. The summed E-state index contributed by atoms with van der Waals surface area (Å²) in [5.74, 6) is -2.04. The summed E-state index contributed by atoms with van der Waals surface area (Å²) in [6.45, 7) is 0. The molecule has 2 aromatic rings. The van der Waals surface area contributed by atoms with Crippen molar-refractivity contribution in [2.45, 2.75) is 23.1 Å². The molecule has 0 bridgehead atoms. The first-order chi connectivity index (χ1) is 13.0. The molecule has 0 unspecified atom stereocenters. The standard InChI is InChI=1S/C20H11ClO6/c21-11-9-18(20-15(23)8-7-14(22)19(20,27-20)17(11)24)25-12-5-1-3-10-4-2-6-13(26-18)16(10)12/h1-9,14,22H/t14-,19-,20+/m0/s1. The number of benzene rings is 2. The van der Waals surface area contributed by atoms with E-state index in [4.69, 9.17) is 25.8 Å². The molecule has 6 rings (SSSR count). The Morgan fingerprint density at radius 2 is 1.70 bits per heavy atom. The average molecular weight is 383 g/mol. The maximum absolute atomic E-state index is 12.9. The third-order valence-corrected chi connectivity index (χ3v) is 5.98. The van der Waals surface area contributed by atoms with Gasteiger partial charge in [-0.1, -0.05) is 35.9 Å². The van der Waals surface area contributed by atoms with Gasteiger partial charge >= 0.3 is 5.79 Å². The van der Waals surface area contributed by atoms with Crippen molar-refractivity contribution in [1.82, 2.24) is 0 Å². The summed E-state index contributed by atoms with van der Waals surface area (Å²) in [5.41, 5.74) is -3.68. The van der Waals surface area contributed by atoms with E-state index in [0.717, 1.165) is 10.8 Å². The molecule has 2 aromatic carbocycles. The zero-order valence-corrected chi connectivity index (χ0v) is 14.4. The van der Waals surface area contributed by atoms with Gasteiger partial charge in [0.1, 0.15) is 17.6 Å². The maximum Gasteiger partial charge on any atom is 0.313 e. The van der Waals surface area contributed by atoms with Crippen LogP contribution >= 0.6 is 11.6 Å². The fraction of sp³-hybridized carbons (Fsp3) is 0.200. The highest BCUT2D eigenvalue weighted by atomic mass is 35.5. The number of halogens is 1. The van der Waals surface area contributed by atoms with Crippen LogP contribution in [-0.4, -0.2) is 39.8 Å². The molecule has 2 aliphatic heterocycles. The Labute approximate surface area is 157 Å². The highest BCUT2D eigenvalue weighted by Gasteiger charge is 2.93. The van der Waals surface area contributed by atoms with Crippen LogP contribution in [0.15, 0.2) is 59.7 Å². The number of hydrogen-bond acceptors (Lipinski definition) is 6. The largest absolute Gasteiger partial charge is 0.445 e. The minimum Gasteiger partial charge on any atom is -0.445 e. The predicted molar refractivity (Wildman–Crippen MR) is 93.6 cm³/mol. The normalized spacial score (nSPS) is 34.4. The molecule has 1 spiro atoms. The minimum absolute atomic E-state index is 0.211. The van der Waals surface area contributed by atoms with Gasteiger partial charge in [-0.05, 0) is 29.7 Å². The fourth-order valence-electron chi connectivity index (χ4n) is 4.50. The third kappa shape index (κ3) is 1.46. The average Bonchev–Trinajstić information content (AvgIpc) is 3.39. The van der Waals surface area contributed by atoms with Crippen molar-refractivity contribution in [3.8, 4) is 11.5 Å². The number of carbonyl (C=O) groups is 2. The van der Waals surface area contributed by atoms with Crippen molar-refractivity contribution in [3.05, 3.63) is 59.7 Å². The number of carbonyl (C=O) groups excluding carboxylic acids is 2. The fourth-order valence-corrected chi connectivity index (χ4v) is 4.78. The summed E-state index contributed by atoms with van der Waals surface area (Å²) < 4.78 is 18.0. The molecule has 27 heavy (non-hydrogen) atoms. The molecule has 7 heteroatoms. The number of hydrogen-bond donors (Lipinski definition) is 1. The van der Waals surface area contributed by atoms with Crippen molar-refractivity contribution in [3.63, 3.8) is 0 Å². The second-order valence-corrected chi connectivity index (χ2v) is 7.40. The van der Waals surface area contributed by atoms with E-state index in [2.05, 4.69) is 0 Å². The molecule has 1 saturated heterocycles. The van der Waals surface area contributed by atoms with Gasteiger partial charge in [0.25, 0.3) is 5.60 Å². The molecule has 0 aromatic heterocycles. The van der Waals surface area contributed by atoms with Crippen LogP contribution in [0.25, 0.3) is 10.8 Å². The van der Waals surface area contributed by atoms with Crippen LogP contribution in [-0.2, 0) is 14.3 Å². The molecular formula is C20H11ClO6. The number of Topliss-reactive ketones (excluding diaryl/α,β-unsaturated/α-hetero) is 1. The molecule has 0 radical (unpaired) electrons. The van der Waals surface area contributed by atoms with Gasteiger partial charge in [0.2, 0.25) is 11.4 Å². The summed E-state index contributed by atoms with van der Waals surface area (Å²) >= 11 is 6.19. The van der Waals surface area contributed by atoms with Crippen LogP contribution < -0.4 is 9.47 Å². The van der Waals surface area contributed by atoms with E-state index < -0.39 is 34.7 Å². The van der Waals surface area contributed by atoms with Crippen LogP contribution in [0.2, 0.25) is 0 Å². The summed E-state index contributed by atoms with van der Waals surface area (Å²) in [4.78, 5) is 25.7. The van der Waals surface area contributed by atoms with Gasteiger partial charge in [0.15, 0.2) is 5.78 Å². The van der Waals surface area contributed by atoms with E-state index in [9.17, 15) is 14.7 Å². The van der Waals surface area contributed by atoms with Crippen molar-refractivity contribution >= 4 is 33.9 Å². The lowest BCUT2D eigenvalue weighted by Crippen LogP contribution is -2.67. The lowest BCUT2D eigenvalue weighted by atomic mass is 9.69. The number of aliphatic hydroxyl groups is 1. The minimum atomic E-state index is -1.84. The van der Waals surface area contributed by atoms with Gasteiger partial charge in [-0.2, -0.15) is 0 Å². The quantitative estimate of drug-likeness (QED) is 0.702. The Morgan fingerprint density at radius 1 is 1.04 bits per heavy atom. The Bertz CT molecular complexity index is 1110. The van der Waals surface area contributed by atoms with Gasteiger partial charge in [-0.3, -0.25) is 9.59 Å². The van der Waals surface area contributed by atoms with Gasteiger partial charge in [0.05, 0.1) is 10.4 Å². The molecule has 2 aliphatic carbocycles. The summed E-state index contributed by atoms with van der Waals surface area (Å²) in [7, 11) is 0. The van der Waals surface area contributed by atoms with Crippen molar-refractivity contribution in [1.29, 1.82) is 0 Å². The van der Waals surface area contributed by atoms with Crippen molar-refractivity contribution in [2.75, 3.05) is 0 Å². The van der Waals surface area contributed by atoms with Crippen LogP contribution in [0.1, 0.15) is 0 Å². The van der Waals surface area contributed by atoms with Gasteiger partial charge in [-0.15, -0.1) is 0 Å². The predicted octanol–water partition coefficient (Wildman–Crippen LogP) is 2.02. The zero-order valence-electron chi connectivity index (χ0n) is 13.6. The van der Waals surface area contributed by atoms with Gasteiger partial charge < -0.3 is 19.3 Å². The summed E-state index contributed by atoms with van der Waals surface area (Å²) in [6, 6.07) is 10.9. The SMILES string of the molecule is O=C1C(Cl)=CC2(Oc3cccc4cccc(c34)O2)[C@@]23O[C@@]12[C@@H](O)C=CC3=O. The number of aliphatic hydroxyl groups excluding tert-OH is 1. The second-order valence-electron chi connectivity index (χ2n) is 6.99. The Kier molecular flexibility index (Phi) is 2.52. The Hall–Kier alpha value is -2.67. The topological polar surface area (TPSA) is 85.4 Å². The van der Waals surface area contributed by atoms with Crippen LogP contribution in [0, 0.1) is 0 Å². The number of ketones is 2. The van der Waals surface area contributed by atoms with Crippen LogP contribution in [0.3, 0.4) is 0 Å². The first-order valence-corrected chi connectivity index (χ1v) is 8.77. The van der Waals surface area contributed by atoms with E-state index >= 15 is 0 Å². The van der Waals surface area contributed by atoms with Crippen molar-refractivity contribution in [2.24, 2.45) is 0 Å².